The van der Waals surface area contributed by atoms with Crippen LogP contribution in [-0.4, -0.2) is 14.8 Å². The molecule has 2 heterocycles. The first-order chi connectivity index (χ1) is 5.27. The SMILES string of the molecule is Cc1ccn2nnc(N)c2c1. The molecule has 0 atom stereocenters. The first-order valence-corrected chi connectivity index (χ1v) is 3.34. The van der Waals surface area contributed by atoms with Gasteiger partial charge in [0, 0.05) is 6.20 Å². The number of hydrogen-bond donors (Lipinski definition) is 1. The summed E-state index contributed by atoms with van der Waals surface area (Å²) in [5.41, 5.74) is 7.58. The highest BCUT2D eigenvalue weighted by atomic mass is 15.4. The summed E-state index contributed by atoms with van der Waals surface area (Å²) in [4.78, 5) is 0. The standard InChI is InChI=1S/C7H8N4/c1-5-2-3-11-6(4-5)7(8)9-10-11/h2-4H,8H2,1H3. The fourth-order valence-electron chi connectivity index (χ4n) is 1.02. The minimum atomic E-state index is 0.480. The topological polar surface area (TPSA) is 56.2 Å². The lowest BCUT2D eigenvalue weighted by atomic mass is 10.3. The van der Waals surface area contributed by atoms with Crippen LogP contribution >= 0.6 is 0 Å². The summed E-state index contributed by atoms with van der Waals surface area (Å²) >= 11 is 0. The number of hydrogen-bond acceptors (Lipinski definition) is 3. The summed E-state index contributed by atoms with van der Waals surface area (Å²) in [6.07, 6.45) is 1.84. The molecule has 0 aliphatic carbocycles. The highest BCUT2D eigenvalue weighted by Crippen LogP contribution is 2.10. The molecule has 0 saturated heterocycles. The molecule has 0 aromatic carbocycles. The van der Waals surface area contributed by atoms with Crippen LogP contribution in [0.15, 0.2) is 18.3 Å². The van der Waals surface area contributed by atoms with Gasteiger partial charge >= 0.3 is 0 Å². The van der Waals surface area contributed by atoms with Gasteiger partial charge in [0.25, 0.3) is 0 Å². The lowest BCUT2D eigenvalue weighted by Crippen LogP contribution is -1.87. The van der Waals surface area contributed by atoms with Crippen LogP contribution in [0.2, 0.25) is 0 Å². The maximum atomic E-state index is 5.55. The second-order valence-corrected chi connectivity index (χ2v) is 2.51. The monoisotopic (exact) mass is 148 g/mol. The third-order valence-corrected chi connectivity index (χ3v) is 1.60. The van der Waals surface area contributed by atoms with Gasteiger partial charge in [0.1, 0.15) is 5.52 Å². The average molecular weight is 148 g/mol. The molecular formula is C7H8N4. The number of nitrogens with two attached hydrogens (primary N) is 1. The molecule has 0 spiro atoms. The maximum Gasteiger partial charge on any atom is 0.173 e. The van der Waals surface area contributed by atoms with Crippen LogP contribution in [0.3, 0.4) is 0 Å². The summed E-state index contributed by atoms with van der Waals surface area (Å²) in [6.45, 7) is 2.01. The lowest BCUT2D eigenvalue weighted by molar-refractivity contribution is 0.856. The molecular weight excluding hydrogens is 140 g/mol. The Labute approximate surface area is 63.6 Å². The molecule has 11 heavy (non-hydrogen) atoms. The van der Waals surface area contributed by atoms with Crippen molar-refractivity contribution in [3.63, 3.8) is 0 Å². The van der Waals surface area contributed by atoms with Crippen molar-refractivity contribution < 1.29 is 0 Å². The Bertz CT molecular complexity index is 390. The first-order valence-electron chi connectivity index (χ1n) is 3.34. The third kappa shape index (κ3) is 0.832. The molecule has 2 rings (SSSR count). The molecule has 2 N–H and O–H groups in total. The summed E-state index contributed by atoms with van der Waals surface area (Å²) in [5.74, 6) is 0.480. The smallest absolute Gasteiger partial charge is 0.173 e. The van der Waals surface area contributed by atoms with E-state index in [9.17, 15) is 0 Å². The molecule has 0 saturated carbocycles. The van der Waals surface area contributed by atoms with Gasteiger partial charge in [-0.3, -0.25) is 0 Å². The number of aromatic nitrogens is 3. The highest BCUT2D eigenvalue weighted by molar-refractivity contribution is 5.64. The molecule has 4 heteroatoms. The third-order valence-electron chi connectivity index (χ3n) is 1.60. The molecule has 4 nitrogen and oxygen atoms in total. The first kappa shape index (κ1) is 6.15. The number of nitrogen functional groups attached to an aromatic ring is 1. The number of anilines is 1. The fourth-order valence-corrected chi connectivity index (χ4v) is 1.02. The molecule has 0 aliphatic heterocycles. The van der Waals surface area contributed by atoms with Gasteiger partial charge in [-0.25, -0.2) is 4.52 Å². The van der Waals surface area contributed by atoms with Gasteiger partial charge in [0.15, 0.2) is 5.82 Å². The number of rotatable bonds is 0. The zero-order chi connectivity index (χ0) is 7.84. The van der Waals surface area contributed by atoms with Crippen molar-refractivity contribution in [2.24, 2.45) is 0 Å². The summed E-state index contributed by atoms with van der Waals surface area (Å²) in [5, 5.41) is 7.53. The van der Waals surface area contributed by atoms with Gasteiger partial charge in [-0.05, 0) is 24.6 Å². The molecule has 0 aliphatic rings. The van der Waals surface area contributed by atoms with Crippen LogP contribution in [0.1, 0.15) is 5.56 Å². The number of pyridine rings is 1. The molecule has 2 aromatic heterocycles. The predicted molar refractivity (Wildman–Crippen MR) is 42.1 cm³/mol. The molecule has 0 amide bonds. The van der Waals surface area contributed by atoms with E-state index in [-0.39, 0.29) is 0 Å². The van der Waals surface area contributed by atoms with Crippen LogP contribution < -0.4 is 5.73 Å². The average Bonchev–Trinajstić information content (AvgIpc) is 2.33. The largest absolute Gasteiger partial charge is 0.380 e. The van der Waals surface area contributed by atoms with Gasteiger partial charge in [-0.15, -0.1) is 5.10 Å². The Balaban J connectivity index is 2.87. The lowest BCUT2D eigenvalue weighted by Gasteiger charge is -1.92. The zero-order valence-corrected chi connectivity index (χ0v) is 6.15. The molecule has 0 bridgehead atoms. The van der Waals surface area contributed by atoms with E-state index in [1.54, 1.807) is 4.52 Å². The van der Waals surface area contributed by atoms with E-state index >= 15 is 0 Å². The van der Waals surface area contributed by atoms with Crippen molar-refractivity contribution in [1.82, 2.24) is 14.8 Å². The summed E-state index contributed by atoms with van der Waals surface area (Å²) < 4.78 is 1.66. The van der Waals surface area contributed by atoms with Gasteiger partial charge in [0.05, 0.1) is 0 Å². The normalized spacial score (nSPS) is 10.6. The molecule has 0 unspecified atom stereocenters. The van der Waals surface area contributed by atoms with Crippen molar-refractivity contribution in [2.75, 3.05) is 5.73 Å². The quantitative estimate of drug-likeness (QED) is 0.595. The minimum Gasteiger partial charge on any atom is -0.380 e. The van der Waals surface area contributed by atoms with Crippen molar-refractivity contribution in [3.05, 3.63) is 23.9 Å². The van der Waals surface area contributed by atoms with E-state index in [0.717, 1.165) is 11.1 Å². The Morgan fingerprint density at radius 2 is 2.36 bits per heavy atom. The molecule has 0 radical (unpaired) electrons. The Morgan fingerprint density at radius 1 is 1.55 bits per heavy atom. The van der Waals surface area contributed by atoms with E-state index in [0.29, 0.717) is 5.82 Å². The van der Waals surface area contributed by atoms with Crippen LogP contribution in [0.5, 0.6) is 0 Å². The van der Waals surface area contributed by atoms with Crippen molar-refractivity contribution in [1.29, 1.82) is 0 Å². The second-order valence-electron chi connectivity index (χ2n) is 2.51. The van der Waals surface area contributed by atoms with Gasteiger partial charge in [-0.1, -0.05) is 5.21 Å². The Morgan fingerprint density at radius 3 is 3.18 bits per heavy atom. The van der Waals surface area contributed by atoms with Crippen LogP contribution in [0, 0.1) is 6.92 Å². The van der Waals surface area contributed by atoms with Gasteiger partial charge < -0.3 is 5.73 Å². The number of aryl methyl sites for hydroxylation is 1. The van der Waals surface area contributed by atoms with Crippen molar-refractivity contribution >= 4 is 11.3 Å². The van der Waals surface area contributed by atoms with Crippen LogP contribution in [0.4, 0.5) is 5.82 Å². The fraction of sp³-hybridized carbons (Fsp3) is 0.143. The highest BCUT2D eigenvalue weighted by Gasteiger charge is 1.99. The predicted octanol–water partition coefficient (Wildman–Crippen LogP) is 0.620. The van der Waals surface area contributed by atoms with E-state index in [1.165, 1.54) is 0 Å². The van der Waals surface area contributed by atoms with Crippen molar-refractivity contribution in [2.45, 2.75) is 6.92 Å². The minimum absolute atomic E-state index is 0.480. The molecule has 2 aromatic rings. The summed E-state index contributed by atoms with van der Waals surface area (Å²) in [6, 6.07) is 3.91. The van der Waals surface area contributed by atoms with Crippen LogP contribution in [0.25, 0.3) is 5.52 Å². The van der Waals surface area contributed by atoms with Crippen LogP contribution in [-0.2, 0) is 0 Å². The van der Waals surface area contributed by atoms with E-state index in [4.69, 9.17) is 5.73 Å². The molecule has 0 fully saturated rings. The van der Waals surface area contributed by atoms with E-state index < -0.39 is 0 Å². The second kappa shape index (κ2) is 1.95. The van der Waals surface area contributed by atoms with Gasteiger partial charge in [-0.2, -0.15) is 0 Å². The maximum absolute atomic E-state index is 5.55. The zero-order valence-electron chi connectivity index (χ0n) is 6.15. The summed E-state index contributed by atoms with van der Waals surface area (Å²) in [7, 11) is 0. The van der Waals surface area contributed by atoms with Crippen molar-refractivity contribution in [3.8, 4) is 0 Å². The van der Waals surface area contributed by atoms with Gasteiger partial charge in [0.2, 0.25) is 0 Å². The van der Waals surface area contributed by atoms with E-state index in [2.05, 4.69) is 10.3 Å². The Kier molecular flexibility index (Phi) is 1.09. The molecule has 56 valence electrons. The number of nitrogens with zero attached hydrogens (tertiary/aromatic N) is 3. The Hall–Kier alpha value is -1.58. The van der Waals surface area contributed by atoms with E-state index in [1.807, 2.05) is 25.3 Å². The number of fused-ring (bicyclic) bond motifs is 1.